The average molecular weight is 300 g/mol. The number of rotatable bonds is 1. The Labute approximate surface area is 118 Å². The summed E-state index contributed by atoms with van der Waals surface area (Å²) in [5.41, 5.74) is 0.655. The molecule has 0 radical (unpaired) electrons. The van der Waals surface area contributed by atoms with E-state index in [-0.39, 0.29) is 11.1 Å². The minimum absolute atomic E-state index is 0.118. The van der Waals surface area contributed by atoms with Crippen LogP contribution in [0.25, 0.3) is 0 Å². The lowest BCUT2D eigenvalue weighted by atomic mass is 10.2. The van der Waals surface area contributed by atoms with Crippen molar-refractivity contribution in [1.82, 2.24) is 9.97 Å². The number of ether oxygens (including phenoxy) is 1. The zero-order valence-corrected chi connectivity index (χ0v) is 11.1. The Hall–Kier alpha value is -1.59. The number of halogens is 3. The summed E-state index contributed by atoms with van der Waals surface area (Å²) in [6.45, 7) is 1.01. The lowest BCUT2D eigenvalue weighted by molar-refractivity contribution is 0.310. The zero-order chi connectivity index (χ0) is 13.4. The van der Waals surface area contributed by atoms with Gasteiger partial charge in [0, 0.05) is 0 Å². The number of nitrogens with zero attached hydrogens (tertiary/aromatic N) is 3. The summed E-state index contributed by atoms with van der Waals surface area (Å²) < 4.78 is 18.6. The lowest BCUT2D eigenvalue weighted by Crippen LogP contribution is -2.29. The van der Waals surface area contributed by atoms with Crippen molar-refractivity contribution in [2.45, 2.75) is 0 Å². The van der Waals surface area contributed by atoms with Gasteiger partial charge < -0.3 is 9.64 Å². The van der Waals surface area contributed by atoms with Gasteiger partial charge in [0.2, 0.25) is 5.28 Å². The van der Waals surface area contributed by atoms with Crippen molar-refractivity contribution in [2.24, 2.45) is 0 Å². The lowest BCUT2D eigenvalue weighted by Gasteiger charge is -2.30. The van der Waals surface area contributed by atoms with Gasteiger partial charge in [-0.15, -0.1) is 0 Å². The Kier molecular flexibility index (Phi) is 3.16. The monoisotopic (exact) mass is 299 g/mol. The second-order valence-corrected chi connectivity index (χ2v) is 4.67. The van der Waals surface area contributed by atoms with Crippen LogP contribution in [0.15, 0.2) is 24.4 Å². The van der Waals surface area contributed by atoms with Crippen LogP contribution in [0.3, 0.4) is 0 Å². The Morgan fingerprint density at radius 1 is 1.32 bits per heavy atom. The Bertz CT molecular complexity index is 638. The SMILES string of the molecule is Fc1ccc(N2CCOc3cnc(Cl)nc32)c(Cl)c1. The molecular weight excluding hydrogens is 292 g/mol. The van der Waals surface area contributed by atoms with Crippen LogP contribution in [-0.4, -0.2) is 23.1 Å². The smallest absolute Gasteiger partial charge is 0.224 e. The topological polar surface area (TPSA) is 38.2 Å². The number of hydrogen-bond donors (Lipinski definition) is 0. The predicted octanol–water partition coefficient (Wildman–Crippen LogP) is 3.45. The van der Waals surface area contributed by atoms with E-state index in [1.165, 1.54) is 18.3 Å². The van der Waals surface area contributed by atoms with E-state index >= 15 is 0 Å². The number of benzene rings is 1. The van der Waals surface area contributed by atoms with Crippen LogP contribution >= 0.6 is 23.2 Å². The fraction of sp³-hybridized carbons (Fsp3) is 0.167. The van der Waals surface area contributed by atoms with Crippen molar-refractivity contribution in [3.8, 4) is 5.75 Å². The van der Waals surface area contributed by atoms with Crippen LogP contribution in [0.4, 0.5) is 15.9 Å². The Morgan fingerprint density at radius 3 is 2.95 bits per heavy atom. The molecule has 0 spiro atoms. The molecule has 0 fully saturated rings. The van der Waals surface area contributed by atoms with Gasteiger partial charge in [-0.25, -0.2) is 9.37 Å². The molecule has 0 saturated carbocycles. The Balaban J connectivity index is 2.10. The summed E-state index contributed by atoms with van der Waals surface area (Å²) in [7, 11) is 0. The molecule has 0 aliphatic carbocycles. The second-order valence-electron chi connectivity index (χ2n) is 3.92. The summed E-state index contributed by atoms with van der Waals surface area (Å²) in [4.78, 5) is 9.83. The third-order valence-electron chi connectivity index (χ3n) is 2.74. The van der Waals surface area contributed by atoms with Gasteiger partial charge in [-0.05, 0) is 29.8 Å². The molecule has 1 aliphatic rings. The molecule has 4 nitrogen and oxygen atoms in total. The fourth-order valence-corrected chi connectivity index (χ4v) is 2.32. The maximum atomic E-state index is 13.1. The van der Waals surface area contributed by atoms with Crippen molar-refractivity contribution in [1.29, 1.82) is 0 Å². The number of fused-ring (bicyclic) bond motifs is 1. The van der Waals surface area contributed by atoms with Gasteiger partial charge in [-0.1, -0.05) is 11.6 Å². The first kappa shape index (κ1) is 12.4. The molecule has 0 N–H and O–H groups in total. The highest BCUT2D eigenvalue weighted by Crippen LogP contribution is 2.38. The maximum Gasteiger partial charge on any atom is 0.224 e. The standard InChI is InChI=1S/C12H8Cl2FN3O/c13-8-5-7(15)1-2-9(8)18-3-4-19-10-6-16-12(14)17-11(10)18/h1-2,5-6H,3-4H2. The Morgan fingerprint density at radius 2 is 2.16 bits per heavy atom. The highest BCUT2D eigenvalue weighted by atomic mass is 35.5. The van der Waals surface area contributed by atoms with Gasteiger partial charge in [0.05, 0.1) is 23.5 Å². The second kappa shape index (κ2) is 4.83. The van der Waals surface area contributed by atoms with E-state index in [0.29, 0.717) is 35.4 Å². The molecule has 3 rings (SSSR count). The third kappa shape index (κ3) is 2.31. The van der Waals surface area contributed by atoms with Crippen molar-refractivity contribution < 1.29 is 9.13 Å². The molecule has 7 heteroatoms. The van der Waals surface area contributed by atoms with Crippen LogP contribution in [-0.2, 0) is 0 Å². The van der Waals surface area contributed by atoms with E-state index in [9.17, 15) is 4.39 Å². The van der Waals surface area contributed by atoms with E-state index in [2.05, 4.69) is 9.97 Å². The molecule has 0 amide bonds. The molecule has 1 aromatic heterocycles. The quantitative estimate of drug-likeness (QED) is 0.756. The third-order valence-corrected chi connectivity index (χ3v) is 3.22. The number of hydrogen-bond acceptors (Lipinski definition) is 4. The van der Waals surface area contributed by atoms with Gasteiger partial charge in [0.1, 0.15) is 12.4 Å². The first-order valence-corrected chi connectivity index (χ1v) is 6.28. The van der Waals surface area contributed by atoms with Crippen molar-refractivity contribution in [3.05, 3.63) is 40.5 Å². The van der Waals surface area contributed by atoms with Gasteiger partial charge in [0.25, 0.3) is 0 Å². The van der Waals surface area contributed by atoms with Crippen LogP contribution in [0, 0.1) is 5.82 Å². The van der Waals surface area contributed by atoms with Gasteiger partial charge in [0.15, 0.2) is 11.6 Å². The summed E-state index contributed by atoms with van der Waals surface area (Å²) in [6, 6.07) is 4.21. The molecule has 98 valence electrons. The highest BCUT2D eigenvalue weighted by molar-refractivity contribution is 6.33. The van der Waals surface area contributed by atoms with Crippen LogP contribution in [0.1, 0.15) is 0 Å². The first-order chi connectivity index (χ1) is 9.15. The molecule has 1 aliphatic heterocycles. The maximum absolute atomic E-state index is 13.1. The minimum Gasteiger partial charge on any atom is -0.486 e. The fourth-order valence-electron chi connectivity index (χ4n) is 1.92. The summed E-state index contributed by atoms with van der Waals surface area (Å²) in [5.74, 6) is 0.666. The molecule has 1 aromatic carbocycles. The summed E-state index contributed by atoms with van der Waals surface area (Å²) in [6.07, 6.45) is 1.51. The summed E-state index contributed by atoms with van der Waals surface area (Å²) in [5, 5.41) is 0.426. The molecule has 19 heavy (non-hydrogen) atoms. The number of anilines is 2. The molecule has 2 heterocycles. The normalized spacial score (nSPS) is 13.9. The first-order valence-electron chi connectivity index (χ1n) is 5.53. The van der Waals surface area contributed by atoms with Gasteiger partial charge in [-0.2, -0.15) is 4.98 Å². The molecule has 0 bridgehead atoms. The summed E-state index contributed by atoms with van der Waals surface area (Å²) >= 11 is 11.9. The van der Waals surface area contributed by atoms with Crippen molar-refractivity contribution in [3.63, 3.8) is 0 Å². The minimum atomic E-state index is -0.386. The van der Waals surface area contributed by atoms with Gasteiger partial charge >= 0.3 is 0 Å². The van der Waals surface area contributed by atoms with Crippen LogP contribution in [0.2, 0.25) is 10.3 Å². The average Bonchev–Trinajstić information content (AvgIpc) is 2.38. The number of aromatic nitrogens is 2. The predicted molar refractivity (Wildman–Crippen MR) is 71.0 cm³/mol. The highest BCUT2D eigenvalue weighted by Gasteiger charge is 2.23. The van der Waals surface area contributed by atoms with Crippen LogP contribution in [0.5, 0.6) is 5.75 Å². The van der Waals surface area contributed by atoms with E-state index in [1.807, 2.05) is 4.90 Å². The van der Waals surface area contributed by atoms with Crippen molar-refractivity contribution >= 4 is 34.7 Å². The van der Waals surface area contributed by atoms with Crippen LogP contribution < -0.4 is 9.64 Å². The molecule has 0 saturated heterocycles. The molecular formula is C12H8Cl2FN3O. The molecule has 2 aromatic rings. The van der Waals surface area contributed by atoms with E-state index in [0.717, 1.165) is 0 Å². The molecule has 0 unspecified atom stereocenters. The van der Waals surface area contributed by atoms with Gasteiger partial charge in [-0.3, -0.25) is 0 Å². The van der Waals surface area contributed by atoms with E-state index in [4.69, 9.17) is 27.9 Å². The van der Waals surface area contributed by atoms with E-state index in [1.54, 1.807) is 6.07 Å². The molecule has 0 atom stereocenters. The van der Waals surface area contributed by atoms with Crippen molar-refractivity contribution in [2.75, 3.05) is 18.1 Å². The van der Waals surface area contributed by atoms with E-state index < -0.39 is 0 Å². The zero-order valence-electron chi connectivity index (χ0n) is 9.61. The largest absolute Gasteiger partial charge is 0.486 e.